The fraction of sp³-hybridized carbons (Fsp3) is 0.417. The lowest BCUT2D eigenvalue weighted by atomic mass is 10.0. The van der Waals surface area contributed by atoms with Crippen LogP contribution in [0.25, 0.3) is 0 Å². The molecule has 0 atom stereocenters. The van der Waals surface area contributed by atoms with E-state index in [1.807, 2.05) is 52.0 Å². The van der Waals surface area contributed by atoms with Crippen molar-refractivity contribution in [2.45, 2.75) is 39.3 Å². The van der Waals surface area contributed by atoms with Gasteiger partial charge in [0.2, 0.25) is 0 Å². The minimum Gasteiger partial charge on any atom is -0.324 e. The zero-order chi connectivity index (χ0) is 21.1. The molecule has 0 aromatic heterocycles. The number of hydrogen-bond acceptors (Lipinski definition) is 2. The van der Waals surface area contributed by atoms with Crippen molar-refractivity contribution in [2.75, 3.05) is 31.5 Å². The van der Waals surface area contributed by atoms with Crippen LogP contribution >= 0.6 is 0 Å². The highest BCUT2D eigenvalue weighted by Crippen LogP contribution is 2.23. The number of nitrogens with zero attached hydrogens (tertiary/aromatic N) is 3. The van der Waals surface area contributed by atoms with Crippen LogP contribution in [-0.2, 0) is 6.54 Å². The summed E-state index contributed by atoms with van der Waals surface area (Å²) in [6, 6.07) is 16.4. The Bertz CT molecular complexity index is 904. The Balaban J connectivity index is 1.28. The number of likely N-dealkylation sites (tertiary alicyclic amines) is 1. The number of hydrogen-bond donors (Lipinski definition) is 1. The average Bonchev–Trinajstić information content (AvgIpc) is 3.10. The van der Waals surface area contributed by atoms with Crippen molar-refractivity contribution < 1.29 is 9.59 Å². The molecule has 30 heavy (non-hydrogen) atoms. The summed E-state index contributed by atoms with van der Waals surface area (Å²) in [4.78, 5) is 31.3. The minimum absolute atomic E-state index is 0.0638. The SMILES string of the molecule is Cc1ccc(NC(=O)N2CCC(N3CCN(Cc4cccc(C)c4)C3=O)CC2)cc1. The van der Waals surface area contributed by atoms with Gasteiger partial charge in [0.05, 0.1) is 0 Å². The summed E-state index contributed by atoms with van der Waals surface area (Å²) >= 11 is 0. The van der Waals surface area contributed by atoms with Crippen LogP contribution in [-0.4, -0.2) is 59.0 Å². The van der Waals surface area contributed by atoms with Gasteiger partial charge in [0.25, 0.3) is 0 Å². The fourth-order valence-electron chi connectivity index (χ4n) is 4.34. The summed E-state index contributed by atoms with van der Waals surface area (Å²) in [6.07, 6.45) is 1.65. The van der Waals surface area contributed by atoms with E-state index in [-0.39, 0.29) is 18.1 Å². The Morgan fingerprint density at radius 2 is 1.70 bits per heavy atom. The summed E-state index contributed by atoms with van der Waals surface area (Å²) in [7, 11) is 0. The van der Waals surface area contributed by atoms with Crippen LogP contribution in [0.2, 0.25) is 0 Å². The molecule has 0 aliphatic carbocycles. The highest BCUT2D eigenvalue weighted by molar-refractivity contribution is 5.89. The Morgan fingerprint density at radius 3 is 2.40 bits per heavy atom. The molecular weight excluding hydrogens is 376 g/mol. The number of carbonyl (C=O) groups excluding carboxylic acids is 2. The molecule has 2 aromatic carbocycles. The van der Waals surface area contributed by atoms with Crippen molar-refractivity contribution in [1.82, 2.24) is 14.7 Å². The Morgan fingerprint density at radius 1 is 0.967 bits per heavy atom. The minimum atomic E-state index is -0.0638. The van der Waals surface area contributed by atoms with Crippen molar-refractivity contribution in [2.24, 2.45) is 0 Å². The van der Waals surface area contributed by atoms with Crippen LogP contribution < -0.4 is 5.32 Å². The Kier molecular flexibility index (Phi) is 5.93. The quantitative estimate of drug-likeness (QED) is 0.826. The summed E-state index contributed by atoms with van der Waals surface area (Å²) in [5.74, 6) is 0. The third-order valence-electron chi connectivity index (χ3n) is 6.08. The number of amides is 4. The van der Waals surface area contributed by atoms with Gasteiger partial charge in [-0.05, 0) is 44.4 Å². The molecule has 4 rings (SSSR count). The van der Waals surface area contributed by atoms with Crippen LogP contribution in [0.4, 0.5) is 15.3 Å². The molecule has 2 heterocycles. The second-order valence-corrected chi connectivity index (χ2v) is 8.40. The molecule has 0 bridgehead atoms. The number of aryl methyl sites for hydroxylation is 2. The number of anilines is 1. The molecule has 2 aromatic rings. The maximum absolute atomic E-state index is 12.9. The van der Waals surface area contributed by atoms with Crippen molar-refractivity contribution in [3.8, 4) is 0 Å². The van der Waals surface area contributed by atoms with Crippen LogP contribution in [0.15, 0.2) is 48.5 Å². The van der Waals surface area contributed by atoms with Gasteiger partial charge < -0.3 is 20.0 Å². The van der Waals surface area contributed by atoms with Crippen molar-refractivity contribution >= 4 is 17.7 Å². The third-order valence-corrected chi connectivity index (χ3v) is 6.08. The number of nitrogens with one attached hydrogen (secondary N) is 1. The first kappa shape index (κ1) is 20.3. The molecule has 6 nitrogen and oxygen atoms in total. The van der Waals surface area contributed by atoms with Crippen molar-refractivity contribution in [3.63, 3.8) is 0 Å². The Hall–Kier alpha value is -3.02. The molecule has 0 saturated carbocycles. The van der Waals surface area contributed by atoms with E-state index in [0.717, 1.165) is 31.6 Å². The predicted octanol–water partition coefficient (Wildman–Crippen LogP) is 4.24. The van der Waals surface area contributed by atoms with E-state index >= 15 is 0 Å². The average molecular weight is 407 g/mol. The van der Waals surface area contributed by atoms with E-state index in [4.69, 9.17) is 0 Å². The molecule has 2 aliphatic rings. The van der Waals surface area contributed by atoms with E-state index < -0.39 is 0 Å². The summed E-state index contributed by atoms with van der Waals surface area (Å²) in [5, 5.41) is 2.97. The summed E-state index contributed by atoms with van der Waals surface area (Å²) < 4.78 is 0. The smallest absolute Gasteiger partial charge is 0.321 e. The lowest BCUT2D eigenvalue weighted by Gasteiger charge is -2.36. The molecule has 4 amide bonds. The van der Waals surface area contributed by atoms with Crippen molar-refractivity contribution in [3.05, 3.63) is 65.2 Å². The lowest BCUT2D eigenvalue weighted by Crippen LogP contribution is -2.49. The number of urea groups is 2. The van der Waals surface area contributed by atoms with Gasteiger partial charge in [0.1, 0.15) is 0 Å². The largest absolute Gasteiger partial charge is 0.324 e. The van der Waals surface area contributed by atoms with Crippen molar-refractivity contribution in [1.29, 1.82) is 0 Å². The topological polar surface area (TPSA) is 55.9 Å². The first-order valence-electron chi connectivity index (χ1n) is 10.7. The van der Waals surface area contributed by atoms with Gasteiger partial charge in [0.15, 0.2) is 0 Å². The second-order valence-electron chi connectivity index (χ2n) is 8.40. The van der Waals surface area contributed by atoms with E-state index in [9.17, 15) is 9.59 Å². The van der Waals surface area contributed by atoms with Gasteiger partial charge in [0, 0.05) is 44.5 Å². The van der Waals surface area contributed by atoms with Crippen LogP contribution in [0.3, 0.4) is 0 Å². The van der Waals surface area contributed by atoms with Crippen LogP contribution in [0.1, 0.15) is 29.5 Å². The second kappa shape index (κ2) is 8.78. The van der Waals surface area contributed by atoms with Gasteiger partial charge in [-0.3, -0.25) is 0 Å². The van der Waals surface area contributed by atoms with Gasteiger partial charge >= 0.3 is 12.1 Å². The standard InChI is InChI=1S/C24H30N4O2/c1-18-6-8-21(9-7-18)25-23(29)26-12-10-22(11-13-26)28-15-14-27(24(28)30)17-20-5-3-4-19(2)16-20/h3-9,16,22H,10-15,17H2,1-2H3,(H,25,29). The molecule has 0 spiro atoms. The van der Waals surface area contributed by atoms with Crippen LogP contribution in [0.5, 0.6) is 0 Å². The highest BCUT2D eigenvalue weighted by Gasteiger charge is 2.35. The highest BCUT2D eigenvalue weighted by atomic mass is 16.2. The van der Waals surface area contributed by atoms with E-state index in [1.165, 1.54) is 16.7 Å². The summed E-state index contributed by atoms with van der Waals surface area (Å²) in [5.41, 5.74) is 4.37. The fourth-order valence-corrected chi connectivity index (χ4v) is 4.34. The molecule has 2 saturated heterocycles. The zero-order valence-electron chi connectivity index (χ0n) is 17.8. The third kappa shape index (κ3) is 4.58. The van der Waals surface area contributed by atoms with E-state index in [1.54, 1.807) is 0 Å². The maximum Gasteiger partial charge on any atom is 0.321 e. The summed E-state index contributed by atoms with van der Waals surface area (Å²) in [6.45, 7) is 7.64. The van der Waals surface area contributed by atoms with Gasteiger partial charge in [-0.25, -0.2) is 9.59 Å². The molecule has 1 N–H and O–H groups in total. The molecule has 0 unspecified atom stereocenters. The maximum atomic E-state index is 12.9. The number of carbonyl (C=O) groups is 2. The predicted molar refractivity (Wildman–Crippen MR) is 118 cm³/mol. The van der Waals surface area contributed by atoms with Crippen LogP contribution in [0, 0.1) is 13.8 Å². The molecule has 2 aliphatic heterocycles. The van der Waals surface area contributed by atoms with Gasteiger partial charge in [-0.15, -0.1) is 0 Å². The number of piperidine rings is 1. The first-order chi connectivity index (χ1) is 14.5. The number of rotatable bonds is 4. The first-order valence-corrected chi connectivity index (χ1v) is 10.7. The molecule has 6 heteroatoms. The number of benzene rings is 2. The van der Waals surface area contributed by atoms with Gasteiger partial charge in [-0.1, -0.05) is 47.5 Å². The van der Waals surface area contributed by atoms with E-state index in [2.05, 4.69) is 30.4 Å². The van der Waals surface area contributed by atoms with E-state index in [0.29, 0.717) is 19.6 Å². The molecule has 2 fully saturated rings. The molecule has 158 valence electrons. The molecular formula is C24H30N4O2. The normalized spacial score (nSPS) is 17.5. The van der Waals surface area contributed by atoms with Gasteiger partial charge in [-0.2, -0.15) is 0 Å². The lowest BCUT2D eigenvalue weighted by molar-refractivity contribution is 0.139. The Labute approximate surface area is 178 Å². The molecule has 0 radical (unpaired) electrons. The zero-order valence-corrected chi connectivity index (χ0v) is 17.8. The monoisotopic (exact) mass is 406 g/mol.